The summed E-state index contributed by atoms with van der Waals surface area (Å²) in [6, 6.07) is 11.2. The third kappa shape index (κ3) is 3.76. The van der Waals surface area contributed by atoms with E-state index in [1.54, 1.807) is 26.3 Å². The maximum atomic E-state index is 13.1. The van der Waals surface area contributed by atoms with Crippen LogP contribution in [0.2, 0.25) is 0 Å². The molecule has 154 valence electrons. The quantitative estimate of drug-likeness (QED) is 0.503. The second-order valence-electron chi connectivity index (χ2n) is 6.96. The van der Waals surface area contributed by atoms with E-state index in [4.69, 9.17) is 9.26 Å². The van der Waals surface area contributed by atoms with Crippen LogP contribution in [0.1, 0.15) is 35.1 Å². The van der Waals surface area contributed by atoms with E-state index in [0.717, 1.165) is 30.0 Å². The molecule has 0 atom stereocenters. The second-order valence-corrected chi connectivity index (χ2v) is 6.96. The number of aryl methyl sites for hydroxylation is 2. The Labute approximate surface area is 173 Å². The number of fused-ring (bicyclic) bond motifs is 1. The van der Waals surface area contributed by atoms with Crippen LogP contribution in [0.4, 0.5) is 0 Å². The van der Waals surface area contributed by atoms with Crippen LogP contribution in [0.15, 0.2) is 47.1 Å². The fourth-order valence-corrected chi connectivity index (χ4v) is 3.37. The first-order valence-electron chi connectivity index (χ1n) is 9.81. The highest BCUT2D eigenvalue weighted by atomic mass is 16.5. The van der Waals surface area contributed by atoms with Crippen molar-refractivity contribution in [2.75, 3.05) is 7.11 Å². The number of hydrogen-bond acceptors (Lipinski definition) is 6. The third-order valence-electron chi connectivity index (χ3n) is 4.92. The van der Waals surface area contributed by atoms with Gasteiger partial charge in [-0.25, -0.2) is 4.98 Å². The maximum absolute atomic E-state index is 13.1. The fraction of sp³-hybridized carbons (Fsp3) is 0.273. The lowest BCUT2D eigenvalue weighted by molar-refractivity contribution is 0.0951. The molecule has 0 aliphatic rings. The molecular weight excluding hydrogens is 382 g/mol. The van der Waals surface area contributed by atoms with Gasteiger partial charge in [0.2, 0.25) is 0 Å². The molecule has 0 aliphatic carbocycles. The zero-order valence-corrected chi connectivity index (χ0v) is 17.2. The van der Waals surface area contributed by atoms with Crippen molar-refractivity contribution in [1.82, 2.24) is 25.2 Å². The first-order chi connectivity index (χ1) is 14.6. The average molecular weight is 405 g/mol. The molecule has 0 fully saturated rings. The van der Waals surface area contributed by atoms with Crippen molar-refractivity contribution in [3.8, 4) is 17.0 Å². The number of benzene rings is 1. The van der Waals surface area contributed by atoms with E-state index in [9.17, 15) is 4.79 Å². The van der Waals surface area contributed by atoms with E-state index in [1.165, 1.54) is 0 Å². The first kappa shape index (κ1) is 19.6. The standard InChI is InChI=1S/C22H23N5O3/c1-4-11-27-16(9-10-24-27)13-23-21(28)18-12-19(15-5-7-17(29-3)8-6-15)25-22-20(18)14(2)26-30-22/h5-10,12H,4,11,13H2,1-3H3,(H,23,28). The van der Waals surface area contributed by atoms with E-state index in [1.807, 2.05) is 35.0 Å². The third-order valence-corrected chi connectivity index (χ3v) is 4.92. The maximum Gasteiger partial charge on any atom is 0.259 e. The first-order valence-corrected chi connectivity index (χ1v) is 9.81. The number of amides is 1. The predicted molar refractivity (Wildman–Crippen MR) is 112 cm³/mol. The Morgan fingerprint density at radius 2 is 2.03 bits per heavy atom. The number of methoxy groups -OCH3 is 1. The molecule has 0 saturated carbocycles. The van der Waals surface area contributed by atoms with Crippen LogP contribution >= 0.6 is 0 Å². The highest BCUT2D eigenvalue weighted by molar-refractivity contribution is 6.06. The Bertz CT molecular complexity index is 1180. The van der Waals surface area contributed by atoms with E-state index in [0.29, 0.717) is 34.6 Å². The number of hydrogen-bond donors (Lipinski definition) is 1. The van der Waals surface area contributed by atoms with Crippen LogP contribution in [0.5, 0.6) is 5.75 Å². The average Bonchev–Trinajstić information content (AvgIpc) is 3.38. The minimum absolute atomic E-state index is 0.215. The molecule has 1 amide bonds. The van der Waals surface area contributed by atoms with Gasteiger partial charge in [-0.15, -0.1) is 0 Å². The topological polar surface area (TPSA) is 95.1 Å². The van der Waals surface area contributed by atoms with Gasteiger partial charge in [-0.2, -0.15) is 5.10 Å². The largest absolute Gasteiger partial charge is 0.497 e. The van der Waals surface area contributed by atoms with Gasteiger partial charge in [0.25, 0.3) is 11.6 Å². The number of rotatable bonds is 7. The summed E-state index contributed by atoms with van der Waals surface area (Å²) in [6.07, 6.45) is 2.71. The monoisotopic (exact) mass is 405 g/mol. The number of pyridine rings is 1. The normalized spacial score (nSPS) is 11.0. The lowest BCUT2D eigenvalue weighted by Crippen LogP contribution is -2.25. The molecule has 30 heavy (non-hydrogen) atoms. The zero-order valence-electron chi connectivity index (χ0n) is 17.2. The molecule has 0 bridgehead atoms. The van der Waals surface area contributed by atoms with Crippen molar-refractivity contribution in [2.24, 2.45) is 0 Å². The summed E-state index contributed by atoms with van der Waals surface area (Å²) in [7, 11) is 1.62. The lowest BCUT2D eigenvalue weighted by atomic mass is 10.0. The molecule has 0 spiro atoms. The Morgan fingerprint density at radius 3 is 2.77 bits per heavy atom. The van der Waals surface area contributed by atoms with Crippen molar-refractivity contribution in [1.29, 1.82) is 0 Å². The summed E-state index contributed by atoms with van der Waals surface area (Å²) in [4.78, 5) is 17.6. The van der Waals surface area contributed by atoms with Gasteiger partial charge in [-0.1, -0.05) is 12.1 Å². The van der Waals surface area contributed by atoms with Gasteiger partial charge in [0, 0.05) is 18.3 Å². The van der Waals surface area contributed by atoms with Crippen molar-refractivity contribution in [3.05, 3.63) is 59.5 Å². The fourth-order valence-electron chi connectivity index (χ4n) is 3.37. The SMILES string of the molecule is CCCn1nccc1CNC(=O)c1cc(-c2ccc(OC)cc2)nc2onc(C)c12. The van der Waals surface area contributed by atoms with Crippen LogP contribution < -0.4 is 10.1 Å². The van der Waals surface area contributed by atoms with Gasteiger partial charge in [-0.3, -0.25) is 9.48 Å². The van der Waals surface area contributed by atoms with Gasteiger partial charge in [0.05, 0.1) is 41.7 Å². The molecule has 1 aromatic carbocycles. The molecule has 0 saturated heterocycles. The number of ether oxygens (including phenoxy) is 1. The van der Waals surface area contributed by atoms with E-state index >= 15 is 0 Å². The number of aromatic nitrogens is 4. The minimum atomic E-state index is -0.215. The molecule has 8 nitrogen and oxygen atoms in total. The molecule has 0 radical (unpaired) electrons. The number of nitrogens with zero attached hydrogens (tertiary/aromatic N) is 4. The molecule has 0 unspecified atom stereocenters. The van der Waals surface area contributed by atoms with Crippen LogP contribution in [0.3, 0.4) is 0 Å². The highest BCUT2D eigenvalue weighted by Crippen LogP contribution is 2.28. The van der Waals surface area contributed by atoms with Crippen LogP contribution in [-0.4, -0.2) is 32.9 Å². The zero-order chi connectivity index (χ0) is 21.1. The van der Waals surface area contributed by atoms with E-state index in [2.05, 4.69) is 27.5 Å². The van der Waals surface area contributed by atoms with Gasteiger partial charge in [0.15, 0.2) is 0 Å². The second kappa shape index (κ2) is 8.36. The summed E-state index contributed by atoms with van der Waals surface area (Å²) in [5.41, 5.74) is 3.87. The van der Waals surface area contributed by atoms with Crippen molar-refractivity contribution < 1.29 is 14.1 Å². The van der Waals surface area contributed by atoms with E-state index < -0.39 is 0 Å². The minimum Gasteiger partial charge on any atom is -0.497 e. The summed E-state index contributed by atoms with van der Waals surface area (Å²) >= 11 is 0. The molecule has 4 rings (SSSR count). The lowest BCUT2D eigenvalue weighted by Gasteiger charge is -2.10. The van der Waals surface area contributed by atoms with Crippen LogP contribution in [-0.2, 0) is 13.1 Å². The summed E-state index contributed by atoms with van der Waals surface area (Å²) in [5.74, 6) is 0.532. The Balaban J connectivity index is 1.66. The predicted octanol–water partition coefficient (Wildman–Crippen LogP) is 3.74. The smallest absolute Gasteiger partial charge is 0.259 e. The Hall–Kier alpha value is -3.68. The number of nitrogens with one attached hydrogen (secondary N) is 1. The molecule has 0 aliphatic heterocycles. The van der Waals surface area contributed by atoms with Gasteiger partial charge in [0.1, 0.15) is 5.75 Å². The molecule has 1 N–H and O–H groups in total. The number of carbonyl (C=O) groups is 1. The Morgan fingerprint density at radius 1 is 1.23 bits per heavy atom. The molecule has 3 aromatic heterocycles. The summed E-state index contributed by atoms with van der Waals surface area (Å²) < 4.78 is 12.5. The molecule has 4 aromatic rings. The summed E-state index contributed by atoms with van der Waals surface area (Å²) in [5, 5.41) is 11.9. The Kier molecular flexibility index (Phi) is 5.47. The van der Waals surface area contributed by atoms with Crippen molar-refractivity contribution in [2.45, 2.75) is 33.4 Å². The molecule has 8 heteroatoms. The van der Waals surface area contributed by atoms with Crippen LogP contribution in [0, 0.1) is 6.92 Å². The van der Waals surface area contributed by atoms with Crippen molar-refractivity contribution >= 4 is 17.0 Å². The molecule has 3 heterocycles. The highest BCUT2D eigenvalue weighted by Gasteiger charge is 2.19. The van der Waals surface area contributed by atoms with Gasteiger partial charge >= 0.3 is 0 Å². The van der Waals surface area contributed by atoms with Gasteiger partial charge < -0.3 is 14.6 Å². The van der Waals surface area contributed by atoms with Gasteiger partial charge in [-0.05, 0) is 49.7 Å². The van der Waals surface area contributed by atoms with Crippen molar-refractivity contribution in [3.63, 3.8) is 0 Å². The van der Waals surface area contributed by atoms with Crippen LogP contribution in [0.25, 0.3) is 22.4 Å². The number of carbonyl (C=O) groups excluding carboxylic acids is 1. The van der Waals surface area contributed by atoms with E-state index in [-0.39, 0.29) is 5.91 Å². The molecular formula is C22H23N5O3. The summed E-state index contributed by atoms with van der Waals surface area (Å²) in [6.45, 7) is 5.08.